The van der Waals surface area contributed by atoms with Gasteiger partial charge in [-0.15, -0.1) is 0 Å². The Morgan fingerprint density at radius 3 is 1.16 bits per heavy atom. The number of halogens is 2. The molecule has 478 valence electrons. The number of hydrogen-bond donors (Lipinski definition) is 0. The predicted molar refractivity (Wildman–Crippen MR) is 327 cm³/mol. The number of esters is 2. The number of carbonyl (C=O) groups excluding carboxylic acids is 6. The highest BCUT2D eigenvalue weighted by molar-refractivity contribution is 6.30. The number of carbonyl (C=O) groups is 6. The van der Waals surface area contributed by atoms with Crippen LogP contribution in [0.15, 0.2) is 97.1 Å². The molecule has 0 aromatic heterocycles. The molecule has 0 spiro atoms. The van der Waals surface area contributed by atoms with E-state index in [9.17, 15) is 28.0 Å². The van der Waals surface area contributed by atoms with Crippen molar-refractivity contribution in [3.63, 3.8) is 0 Å². The molecule has 4 heterocycles. The third kappa shape index (κ3) is 18.4. The van der Waals surface area contributed by atoms with E-state index in [0.29, 0.717) is 127 Å². The standard InChI is InChI=1S/C68H90F2N6O12/c1-45(2)41-83-57-23-15-51(16-24-57)61(63(77)75(39-49-11-19-53(69)20-12-49)55-27-35-71(36-28-55)31-9-33-73-59(47(5)6)43-85-67(73)81)87-65(79)66(80)88-62(52-17-25-58(26-18-52)84-42-46(3)4)64(78)76(40-50-13-21-54(70)22-14-50)56-29-37-72(38-30-56)32-10-34-74-60(48(7)8)44-86-68(74)82/h11-26,45-48,55-56,59-62H,9-10,27-44H2,1-8H3. The first kappa shape index (κ1) is 66.6. The summed E-state index contributed by atoms with van der Waals surface area (Å²) in [5.74, 6) is -3.26. The Labute approximate surface area is 517 Å². The third-order valence-electron chi connectivity index (χ3n) is 17.0. The number of benzene rings is 4. The van der Waals surface area contributed by atoms with Gasteiger partial charge in [-0.1, -0.05) is 104 Å². The first-order valence-electron chi connectivity index (χ1n) is 31.5. The Morgan fingerprint density at radius 1 is 0.500 bits per heavy atom. The second-order valence-electron chi connectivity index (χ2n) is 25.3. The SMILES string of the molecule is CC(C)COc1ccc(C(OC(=O)C(=O)OC(C(=O)N(Cc2ccc(F)cc2)C2CCN(CCCN3C(=O)OCC3C(C)C)CC2)c2ccc(OCC(C)C)cc2)C(=O)N(Cc2ccc(F)cc2)C2CCN(CCCN3C(=O)OCC3C(C)C)CC2)cc1. The molecule has 0 radical (unpaired) electrons. The fourth-order valence-corrected chi connectivity index (χ4v) is 11.9. The van der Waals surface area contributed by atoms with E-state index >= 15 is 9.59 Å². The molecule has 18 nitrogen and oxygen atoms in total. The number of piperidine rings is 2. The molecule has 0 N–H and O–H groups in total. The van der Waals surface area contributed by atoms with Crippen LogP contribution < -0.4 is 9.47 Å². The topological polar surface area (TPSA) is 177 Å². The molecular formula is C68H90F2N6O12. The molecule has 4 amide bonds. The van der Waals surface area contributed by atoms with Crippen molar-refractivity contribution in [3.8, 4) is 11.5 Å². The molecule has 4 atom stereocenters. The van der Waals surface area contributed by atoms with E-state index in [-0.39, 0.29) is 84.2 Å². The van der Waals surface area contributed by atoms with Crippen molar-refractivity contribution in [1.82, 2.24) is 29.4 Å². The maximum absolute atomic E-state index is 15.5. The molecule has 88 heavy (non-hydrogen) atoms. The van der Waals surface area contributed by atoms with Crippen LogP contribution in [0.1, 0.15) is 128 Å². The summed E-state index contributed by atoms with van der Waals surface area (Å²) in [6, 6.07) is 24.0. The Bertz CT molecular complexity index is 2720. The first-order valence-corrected chi connectivity index (χ1v) is 31.5. The second-order valence-corrected chi connectivity index (χ2v) is 25.3. The number of nitrogens with zero attached hydrogens (tertiary/aromatic N) is 6. The third-order valence-corrected chi connectivity index (χ3v) is 17.0. The van der Waals surface area contributed by atoms with Crippen LogP contribution in [0.4, 0.5) is 18.4 Å². The number of likely N-dealkylation sites (tertiary alicyclic amines) is 2. The highest BCUT2D eigenvalue weighted by Gasteiger charge is 2.42. The van der Waals surface area contributed by atoms with Crippen molar-refractivity contribution in [2.45, 2.75) is 143 Å². The summed E-state index contributed by atoms with van der Waals surface area (Å²) >= 11 is 0. The summed E-state index contributed by atoms with van der Waals surface area (Å²) < 4.78 is 63.6. The van der Waals surface area contributed by atoms with Gasteiger partial charge in [0.15, 0.2) is 0 Å². The number of hydrogen-bond acceptors (Lipinski definition) is 14. The van der Waals surface area contributed by atoms with Gasteiger partial charge in [-0.25, -0.2) is 28.0 Å². The van der Waals surface area contributed by atoms with Gasteiger partial charge in [0.1, 0.15) is 36.3 Å². The summed E-state index contributed by atoms with van der Waals surface area (Å²) in [7, 11) is 0. The van der Waals surface area contributed by atoms with Gasteiger partial charge in [0.2, 0.25) is 12.2 Å². The minimum absolute atomic E-state index is 0.0171. The molecule has 4 saturated heterocycles. The second kappa shape index (κ2) is 31.7. The normalized spacial score (nSPS) is 18.6. The van der Waals surface area contributed by atoms with Gasteiger partial charge in [-0.2, -0.15) is 0 Å². The minimum atomic E-state index is -1.70. The van der Waals surface area contributed by atoms with E-state index in [1.807, 2.05) is 27.7 Å². The van der Waals surface area contributed by atoms with E-state index < -0.39 is 47.6 Å². The van der Waals surface area contributed by atoms with Crippen LogP contribution in [0.3, 0.4) is 0 Å². The van der Waals surface area contributed by atoms with E-state index in [2.05, 4.69) is 37.5 Å². The zero-order valence-electron chi connectivity index (χ0n) is 52.5. The summed E-state index contributed by atoms with van der Waals surface area (Å²) in [5, 5.41) is 0. The van der Waals surface area contributed by atoms with Crippen molar-refractivity contribution in [3.05, 3.63) is 131 Å². The highest BCUT2D eigenvalue weighted by atomic mass is 19.1. The lowest BCUT2D eigenvalue weighted by molar-refractivity contribution is -0.181. The molecule has 20 heteroatoms. The van der Waals surface area contributed by atoms with Gasteiger partial charge < -0.3 is 57.8 Å². The van der Waals surface area contributed by atoms with Crippen LogP contribution in [0.2, 0.25) is 0 Å². The maximum Gasteiger partial charge on any atom is 0.418 e. The van der Waals surface area contributed by atoms with Gasteiger partial charge in [-0.05, 0) is 135 Å². The molecule has 4 fully saturated rings. The largest absolute Gasteiger partial charge is 0.493 e. The fraction of sp³-hybridized carbons (Fsp3) is 0.559. The van der Waals surface area contributed by atoms with Gasteiger partial charge in [0.05, 0.1) is 25.3 Å². The van der Waals surface area contributed by atoms with Gasteiger partial charge >= 0.3 is 24.1 Å². The lowest BCUT2D eigenvalue weighted by atomic mass is 9.99. The lowest BCUT2D eigenvalue weighted by Gasteiger charge is -2.40. The molecule has 4 aromatic carbocycles. The molecular weight excluding hydrogens is 1130 g/mol. The average Bonchev–Trinajstić information content (AvgIpc) is 2.51. The van der Waals surface area contributed by atoms with Crippen LogP contribution in [-0.4, -0.2) is 168 Å². The quantitative estimate of drug-likeness (QED) is 0.0298. The Kier molecular flexibility index (Phi) is 24.0. The summed E-state index contributed by atoms with van der Waals surface area (Å²) in [5.41, 5.74) is 1.73. The molecule has 4 aliphatic rings. The molecule has 4 unspecified atom stereocenters. The summed E-state index contributed by atoms with van der Waals surface area (Å²) in [4.78, 5) is 97.0. The van der Waals surface area contributed by atoms with Crippen molar-refractivity contribution in [1.29, 1.82) is 0 Å². The van der Waals surface area contributed by atoms with Crippen molar-refractivity contribution in [2.24, 2.45) is 23.7 Å². The highest BCUT2D eigenvalue weighted by Crippen LogP contribution is 2.33. The smallest absolute Gasteiger partial charge is 0.418 e. The number of ether oxygens (including phenoxy) is 6. The van der Waals surface area contributed by atoms with Crippen LogP contribution in [-0.2, 0) is 51.2 Å². The minimum Gasteiger partial charge on any atom is -0.493 e. The van der Waals surface area contributed by atoms with E-state index in [1.54, 1.807) is 92.4 Å². The van der Waals surface area contributed by atoms with Crippen molar-refractivity contribution in [2.75, 3.05) is 78.8 Å². The Balaban J connectivity index is 1.04. The van der Waals surface area contributed by atoms with E-state index in [0.717, 1.165) is 12.8 Å². The first-order chi connectivity index (χ1) is 42.2. The van der Waals surface area contributed by atoms with Gasteiger partial charge in [0.25, 0.3) is 11.8 Å². The predicted octanol–water partition coefficient (Wildman–Crippen LogP) is 10.6. The van der Waals surface area contributed by atoms with Crippen molar-refractivity contribution < 1.29 is 66.0 Å². The van der Waals surface area contributed by atoms with Crippen LogP contribution in [0, 0.1) is 35.3 Å². The van der Waals surface area contributed by atoms with Gasteiger partial charge in [0, 0.05) is 75.6 Å². The summed E-state index contributed by atoms with van der Waals surface area (Å²) in [6.45, 7) is 23.0. The van der Waals surface area contributed by atoms with E-state index in [4.69, 9.17) is 28.4 Å². The number of cyclic esters (lactones) is 2. The zero-order chi connectivity index (χ0) is 63.0. The number of rotatable bonds is 28. The fourth-order valence-electron chi connectivity index (χ4n) is 11.9. The maximum atomic E-state index is 15.5. The van der Waals surface area contributed by atoms with Crippen LogP contribution in [0.5, 0.6) is 11.5 Å². The Morgan fingerprint density at radius 2 is 0.841 bits per heavy atom. The monoisotopic (exact) mass is 1220 g/mol. The number of amides is 4. The van der Waals surface area contributed by atoms with Crippen LogP contribution >= 0.6 is 0 Å². The molecule has 0 bridgehead atoms. The lowest BCUT2D eigenvalue weighted by Crippen LogP contribution is -2.50. The zero-order valence-corrected chi connectivity index (χ0v) is 52.5. The Hall–Kier alpha value is -7.32. The van der Waals surface area contributed by atoms with Crippen molar-refractivity contribution >= 4 is 35.9 Å². The van der Waals surface area contributed by atoms with Gasteiger partial charge in [-0.3, -0.25) is 9.59 Å². The van der Waals surface area contributed by atoms with Crippen LogP contribution in [0.25, 0.3) is 0 Å². The molecule has 8 rings (SSSR count). The molecule has 4 aliphatic heterocycles. The van der Waals surface area contributed by atoms with E-state index in [1.165, 1.54) is 24.3 Å². The average molecular weight is 1220 g/mol. The molecule has 0 saturated carbocycles. The summed E-state index contributed by atoms with van der Waals surface area (Å²) in [6.07, 6.45) is -0.406. The molecule has 4 aromatic rings. The molecule has 0 aliphatic carbocycles.